The summed E-state index contributed by atoms with van der Waals surface area (Å²) >= 11 is 0. The molecule has 2 aliphatic rings. The number of carbonyl (C=O) groups is 3. The number of imide groups is 1. The van der Waals surface area contributed by atoms with Crippen LogP contribution in [-0.4, -0.2) is 79.8 Å². The van der Waals surface area contributed by atoms with Gasteiger partial charge in [0, 0.05) is 44.6 Å². The first-order chi connectivity index (χ1) is 15.1. The van der Waals surface area contributed by atoms with E-state index >= 15 is 0 Å². The molecular formula is C21H19N7O3. The van der Waals surface area contributed by atoms with Gasteiger partial charge in [-0.3, -0.25) is 23.9 Å². The molecule has 0 aliphatic carbocycles. The van der Waals surface area contributed by atoms with E-state index in [-0.39, 0.29) is 12.5 Å². The van der Waals surface area contributed by atoms with Crippen LogP contribution in [0.2, 0.25) is 0 Å². The van der Waals surface area contributed by atoms with E-state index in [0.717, 1.165) is 10.7 Å². The Hall–Kier alpha value is -4.08. The number of piperazine rings is 1. The largest absolute Gasteiger partial charge is 0.353 e. The molecule has 10 heteroatoms. The topological polar surface area (TPSA) is 105 Å². The van der Waals surface area contributed by atoms with Crippen molar-refractivity contribution in [1.29, 1.82) is 0 Å². The molecular weight excluding hydrogens is 398 g/mol. The van der Waals surface area contributed by atoms with Crippen molar-refractivity contribution in [3.63, 3.8) is 0 Å². The van der Waals surface area contributed by atoms with Crippen LogP contribution >= 0.6 is 0 Å². The van der Waals surface area contributed by atoms with Crippen molar-refractivity contribution in [3.8, 4) is 5.82 Å². The predicted octanol–water partition coefficient (Wildman–Crippen LogP) is 0.607. The molecule has 10 nitrogen and oxygen atoms in total. The molecule has 1 fully saturated rings. The average Bonchev–Trinajstić information content (AvgIpc) is 3.44. The Morgan fingerprint density at radius 3 is 2.26 bits per heavy atom. The van der Waals surface area contributed by atoms with Crippen LogP contribution in [-0.2, 0) is 4.79 Å². The Morgan fingerprint density at radius 2 is 1.61 bits per heavy atom. The van der Waals surface area contributed by atoms with Crippen LogP contribution in [0.5, 0.6) is 0 Å². The number of benzene rings is 1. The third kappa shape index (κ3) is 3.41. The highest BCUT2D eigenvalue weighted by Crippen LogP contribution is 2.22. The summed E-state index contributed by atoms with van der Waals surface area (Å²) in [6.45, 7) is 1.89. The number of carbonyl (C=O) groups excluding carboxylic acids is 3. The molecule has 0 radical (unpaired) electrons. The van der Waals surface area contributed by atoms with E-state index in [9.17, 15) is 14.4 Å². The lowest BCUT2D eigenvalue weighted by Gasteiger charge is -2.36. The quantitative estimate of drug-likeness (QED) is 0.573. The number of nitrogens with zero attached hydrogens (tertiary/aromatic N) is 7. The molecule has 4 heterocycles. The second kappa shape index (κ2) is 7.63. The van der Waals surface area contributed by atoms with Crippen LogP contribution < -0.4 is 4.90 Å². The Morgan fingerprint density at radius 1 is 0.935 bits per heavy atom. The van der Waals surface area contributed by atoms with Gasteiger partial charge in [-0.05, 0) is 12.1 Å². The third-order valence-electron chi connectivity index (χ3n) is 5.54. The van der Waals surface area contributed by atoms with Crippen LogP contribution in [0, 0.1) is 0 Å². The van der Waals surface area contributed by atoms with Crippen molar-refractivity contribution in [2.75, 3.05) is 37.6 Å². The average molecular weight is 417 g/mol. The van der Waals surface area contributed by atoms with Crippen LogP contribution in [0.1, 0.15) is 20.7 Å². The van der Waals surface area contributed by atoms with Crippen molar-refractivity contribution in [2.45, 2.75) is 0 Å². The number of hydrogen-bond donors (Lipinski definition) is 0. The zero-order valence-corrected chi connectivity index (χ0v) is 16.6. The predicted molar refractivity (Wildman–Crippen MR) is 110 cm³/mol. The van der Waals surface area contributed by atoms with Gasteiger partial charge >= 0.3 is 0 Å². The van der Waals surface area contributed by atoms with Crippen LogP contribution in [0.3, 0.4) is 0 Å². The Balaban J connectivity index is 1.21. The molecule has 1 aromatic carbocycles. The molecule has 0 unspecified atom stereocenters. The molecule has 0 N–H and O–H groups in total. The summed E-state index contributed by atoms with van der Waals surface area (Å²) < 4.78 is 1.80. The SMILES string of the molecule is O=C(CN1C(=O)c2ccccc2C1=O)N1CCN(c2cc(-n3ccnc3)ncn2)CC1. The van der Waals surface area contributed by atoms with E-state index < -0.39 is 11.8 Å². The minimum atomic E-state index is -0.416. The molecule has 1 saturated heterocycles. The fourth-order valence-corrected chi connectivity index (χ4v) is 3.85. The summed E-state index contributed by atoms with van der Waals surface area (Å²) in [6.07, 6.45) is 6.66. The summed E-state index contributed by atoms with van der Waals surface area (Å²) in [4.78, 5) is 55.2. The maximum Gasteiger partial charge on any atom is 0.262 e. The van der Waals surface area contributed by atoms with Gasteiger partial charge in [0.2, 0.25) is 5.91 Å². The van der Waals surface area contributed by atoms with Gasteiger partial charge in [-0.2, -0.15) is 0 Å². The molecule has 0 saturated carbocycles. The van der Waals surface area contributed by atoms with E-state index in [1.54, 1.807) is 46.3 Å². The third-order valence-corrected chi connectivity index (χ3v) is 5.54. The van der Waals surface area contributed by atoms with Gasteiger partial charge in [-0.15, -0.1) is 0 Å². The molecule has 5 rings (SSSR count). The Bertz CT molecular complexity index is 1120. The van der Waals surface area contributed by atoms with Gasteiger partial charge in [0.15, 0.2) is 0 Å². The normalized spacial score (nSPS) is 16.1. The fraction of sp³-hybridized carbons (Fsp3) is 0.238. The number of amides is 3. The van der Waals surface area contributed by atoms with Gasteiger partial charge in [-0.25, -0.2) is 15.0 Å². The van der Waals surface area contributed by atoms with Gasteiger partial charge in [-0.1, -0.05) is 12.1 Å². The number of fused-ring (bicyclic) bond motifs is 1. The van der Waals surface area contributed by atoms with Gasteiger partial charge in [0.05, 0.1) is 11.1 Å². The van der Waals surface area contributed by atoms with E-state index in [1.807, 2.05) is 12.3 Å². The van der Waals surface area contributed by atoms with Gasteiger partial charge in [0.25, 0.3) is 11.8 Å². The lowest BCUT2D eigenvalue weighted by Crippen LogP contribution is -2.52. The summed E-state index contributed by atoms with van der Waals surface area (Å²) in [5, 5.41) is 0. The zero-order chi connectivity index (χ0) is 21.4. The molecule has 0 spiro atoms. The highest BCUT2D eigenvalue weighted by atomic mass is 16.2. The van der Waals surface area contributed by atoms with Crippen molar-refractivity contribution in [3.05, 3.63) is 66.5 Å². The summed E-state index contributed by atoms with van der Waals surface area (Å²) in [5.74, 6) is 0.412. The number of imidazole rings is 1. The number of rotatable bonds is 4. The molecule has 3 aromatic rings. The first kappa shape index (κ1) is 18.9. The van der Waals surface area contributed by atoms with Crippen LogP contribution in [0.25, 0.3) is 5.82 Å². The lowest BCUT2D eigenvalue weighted by molar-refractivity contribution is -0.131. The second-order valence-corrected chi connectivity index (χ2v) is 7.31. The number of anilines is 1. The van der Waals surface area contributed by atoms with Crippen molar-refractivity contribution in [2.24, 2.45) is 0 Å². The summed E-state index contributed by atoms with van der Waals surface area (Å²) in [7, 11) is 0. The van der Waals surface area contributed by atoms with Crippen LogP contribution in [0.15, 0.2) is 55.4 Å². The summed E-state index contributed by atoms with van der Waals surface area (Å²) in [5.41, 5.74) is 0.699. The minimum Gasteiger partial charge on any atom is -0.353 e. The molecule has 2 aromatic heterocycles. The second-order valence-electron chi connectivity index (χ2n) is 7.31. The minimum absolute atomic E-state index is 0.240. The fourth-order valence-electron chi connectivity index (χ4n) is 3.85. The molecule has 156 valence electrons. The monoisotopic (exact) mass is 417 g/mol. The molecule has 31 heavy (non-hydrogen) atoms. The molecule has 0 bridgehead atoms. The first-order valence-electron chi connectivity index (χ1n) is 9.90. The standard InChI is InChI=1S/C21H19N7O3/c29-19(12-28-20(30)15-3-1-2-4-16(15)21(28)31)26-9-7-25(8-10-26)17-11-18(24-13-23-17)27-6-5-22-14-27/h1-6,11,13-14H,7-10,12H2. The van der Waals surface area contributed by atoms with Gasteiger partial charge in [0.1, 0.15) is 30.8 Å². The van der Waals surface area contributed by atoms with E-state index in [1.165, 1.54) is 6.33 Å². The maximum atomic E-state index is 12.8. The van der Waals surface area contributed by atoms with E-state index in [0.29, 0.717) is 43.1 Å². The first-order valence-corrected chi connectivity index (χ1v) is 9.90. The lowest BCUT2D eigenvalue weighted by atomic mass is 10.1. The Kier molecular flexibility index (Phi) is 4.66. The highest BCUT2D eigenvalue weighted by molar-refractivity contribution is 6.22. The van der Waals surface area contributed by atoms with Crippen molar-refractivity contribution < 1.29 is 14.4 Å². The molecule has 3 amide bonds. The smallest absolute Gasteiger partial charge is 0.262 e. The van der Waals surface area contributed by atoms with Crippen molar-refractivity contribution in [1.82, 2.24) is 29.3 Å². The zero-order valence-electron chi connectivity index (χ0n) is 16.6. The Labute approximate surface area is 177 Å². The van der Waals surface area contributed by atoms with Crippen molar-refractivity contribution >= 4 is 23.5 Å². The highest BCUT2D eigenvalue weighted by Gasteiger charge is 2.37. The number of aromatic nitrogens is 4. The maximum absolute atomic E-state index is 12.8. The van der Waals surface area contributed by atoms with Gasteiger partial charge < -0.3 is 9.80 Å². The summed E-state index contributed by atoms with van der Waals surface area (Å²) in [6, 6.07) is 8.51. The molecule has 0 atom stereocenters. The van der Waals surface area contributed by atoms with Crippen LogP contribution in [0.4, 0.5) is 5.82 Å². The number of hydrogen-bond acceptors (Lipinski definition) is 7. The molecule has 2 aliphatic heterocycles. The van der Waals surface area contributed by atoms with E-state index in [2.05, 4.69) is 19.9 Å². The van der Waals surface area contributed by atoms with E-state index in [4.69, 9.17) is 0 Å².